The number of oxime groups is 1. The third kappa shape index (κ3) is 4.55. The fourth-order valence-electron chi connectivity index (χ4n) is 3.45. The van der Waals surface area contributed by atoms with Crippen molar-refractivity contribution in [3.63, 3.8) is 0 Å². The molecule has 166 valence electrons. The van der Waals surface area contributed by atoms with Crippen LogP contribution in [0.25, 0.3) is 0 Å². The molecular formula is C23H23ClN4O4. The molecule has 4 rings (SSSR count). The summed E-state index contributed by atoms with van der Waals surface area (Å²) >= 11 is 6.25. The van der Waals surface area contributed by atoms with E-state index in [2.05, 4.69) is 34.6 Å². The van der Waals surface area contributed by atoms with Crippen LogP contribution >= 0.6 is 11.6 Å². The molecule has 0 saturated heterocycles. The first-order valence-electron chi connectivity index (χ1n) is 10.0. The van der Waals surface area contributed by atoms with Gasteiger partial charge in [-0.15, -0.1) is 0 Å². The van der Waals surface area contributed by atoms with Gasteiger partial charge in [-0.2, -0.15) is 5.10 Å². The molecule has 1 amide bonds. The third-order valence-corrected chi connectivity index (χ3v) is 5.53. The topological polar surface area (TPSA) is 87.0 Å². The van der Waals surface area contributed by atoms with Crippen LogP contribution in [0.4, 0.5) is 5.82 Å². The van der Waals surface area contributed by atoms with Gasteiger partial charge in [0.05, 0.1) is 31.5 Å². The van der Waals surface area contributed by atoms with Crippen LogP contribution in [0.2, 0.25) is 5.02 Å². The lowest BCUT2D eigenvalue weighted by molar-refractivity contribution is -0.125. The Morgan fingerprint density at radius 1 is 1.22 bits per heavy atom. The van der Waals surface area contributed by atoms with Crippen LogP contribution in [-0.4, -0.2) is 41.7 Å². The van der Waals surface area contributed by atoms with Gasteiger partial charge >= 0.3 is 0 Å². The van der Waals surface area contributed by atoms with E-state index in [1.54, 1.807) is 30.0 Å². The number of halogens is 1. The van der Waals surface area contributed by atoms with E-state index in [1.807, 2.05) is 18.3 Å². The van der Waals surface area contributed by atoms with Crippen molar-refractivity contribution in [3.8, 4) is 11.5 Å². The lowest BCUT2D eigenvalue weighted by atomic mass is 10.0. The summed E-state index contributed by atoms with van der Waals surface area (Å²) in [6, 6.07) is 13.2. The van der Waals surface area contributed by atoms with Crippen molar-refractivity contribution in [3.05, 3.63) is 70.4 Å². The van der Waals surface area contributed by atoms with Gasteiger partial charge in [0.15, 0.2) is 5.82 Å². The van der Waals surface area contributed by atoms with Gasteiger partial charge in [0, 0.05) is 30.3 Å². The molecule has 1 aliphatic heterocycles. The molecule has 2 heterocycles. The van der Waals surface area contributed by atoms with Gasteiger partial charge in [-0.25, -0.2) is 0 Å². The molecule has 0 fully saturated rings. The zero-order valence-electron chi connectivity index (χ0n) is 18.0. The number of nitrogens with zero attached hydrogens (tertiary/aromatic N) is 3. The Hall–Kier alpha value is -3.52. The van der Waals surface area contributed by atoms with E-state index in [0.717, 1.165) is 5.56 Å². The number of rotatable bonds is 7. The standard InChI is InChI=1S/C23H23ClN4O4/c1-14-6-4-5-7-15(14)13-28-9-8-22(26-28)25-23(29)21-11-18(27-32-21)16-10-17(24)20(31-3)12-19(16)30-2/h4-10,12,21H,11,13H2,1-3H3,(H,25,26,29). The zero-order valence-corrected chi connectivity index (χ0v) is 18.7. The molecule has 0 radical (unpaired) electrons. The highest BCUT2D eigenvalue weighted by atomic mass is 35.5. The largest absolute Gasteiger partial charge is 0.496 e. The van der Waals surface area contributed by atoms with Crippen molar-refractivity contribution < 1.29 is 19.1 Å². The number of methoxy groups -OCH3 is 2. The van der Waals surface area contributed by atoms with Crippen molar-refractivity contribution in [1.29, 1.82) is 0 Å². The van der Waals surface area contributed by atoms with E-state index >= 15 is 0 Å². The summed E-state index contributed by atoms with van der Waals surface area (Å²) in [4.78, 5) is 18.1. The number of anilines is 1. The van der Waals surface area contributed by atoms with E-state index in [9.17, 15) is 4.79 Å². The Labute approximate surface area is 190 Å². The Balaban J connectivity index is 1.40. The fourth-order valence-corrected chi connectivity index (χ4v) is 3.69. The summed E-state index contributed by atoms with van der Waals surface area (Å²) in [6.45, 7) is 2.68. The van der Waals surface area contributed by atoms with Gasteiger partial charge in [-0.3, -0.25) is 9.48 Å². The summed E-state index contributed by atoms with van der Waals surface area (Å²) in [5.41, 5.74) is 3.57. The number of aromatic nitrogens is 2. The fraction of sp³-hybridized carbons (Fsp3) is 0.261. The molecule has 2 aromatic carbocycles. The number of aryl methyl sites for hydroxylation is 1. The molecule has 1 unspecified atom stereocenters. The molecule has 0 bridgehead atoms. The summed E-state index contributed by atoms with van der Waals surface area (Å²) in [5, 5.41) is 11.7. The van der Waals surface area contributed by atoms with Crippen molar-refractivity contribution in [2.45, 2.75) is 26.0 Å². The second-order valence-electron chi connectivity index (χ2n) is 7.34. The predicted molar refractivity (Wildman–Crippen MR) is 122 cm³/mol. The summed E-state index contributed by atoms with van der Waals surface area (Å²) in [5.74, 6) is 1.14. The SMILES string of the molecule is COc1cc(OC)c(C2=NOC(C(=O)Nc3ccn(Cc4ccccc4C)n3)C2)cc1Cl. The molecule has 1 aliphatic rings. The molecule has 1 atom stereocenters. The molecule has 1 N–H and O–H groups in total. The molecule has 0 saturated carbocycles. The first-order valence-corrected chi connectivity index (χ1v) is 10.4. The van der Waals surface area contributed by atoms with Gasteiger partial charge in [-0.05, 0) is 24.1 Å². The minimum Gasteiger partial charge on any atom is -0.496 e. The Bertz CT molecular complexity index is 1170. The molecule has 9 heteroatoms. The van der Waals surface area contributed by atoms with Gasteiger partial charge < -0.3 is 19.6 Å². The van der Waals surface area contributed by atoms with Crippen molar-refractivity contribution in [2.75, 3.05) is 19.5 Å². The Morgan fingerprint density at radius 3 is 2.75 bits per heavy atom. The number of carbonyl (C=O) groups excluding carboxylic acids is 1. The van der Waals surface area contributed by atoms with E-state index in [-0.39, 0.29) is 12.3 Å². The monoisotopic (exact) mass is 454 g/mol. The molecule has 0 spiro atoms. The van der Waals surface area contributed by atoms with Crippen molar-refractivity contribution in [2.24, 2.45) is 5.16 Å². The summed E-state index contributed by atoms with van der Waals surface area (Å²) in [6.07, 6.45) is 1.32. The van der Waals surface area contributed by atoms with Crippen LogP contribution in [0.15, 0.2) is 53.8 Å². The molecule has 1 aromatic heterocycles. The van der Waals surface area contributed by atoms with E-state index in [4.69, 9.17) is 25.9 Å². The first kappa shape index (κ1) is 21.7. The second kappa shape index (κ2) is 9.32. The molecule has 3 aromatic rings. The maximum atomic E-state index is 12.7. The van der Waals surface area contributed by atoms with E-state index in [1.165, 1.54) is 12.7 Å². The second-order valence-corrected chi connectivity index (χ2v) is 7.74. The summed E-state index contributed by atoms with van der Waals surface area (Å²) < 4.78 is 12.4. The lowest BCUT2D eigenvalue weighted by Crippen LogP contribution is -2.28. The average Bonchev–Trinajstić information content (AvgIpc) is 3.45. The molecule has 8 nitrogen and oxygen atoms in total. The Morgan fingerprint density at radius 2 is 2.00 bits per heavy atom. The normalized spacial score (nSPS) is 15.1. The molecule has 32 heavy (non-hydrogen) atoms. The van der Waals surface area contributed by atoms with Crippen LogP contribution < -0.4 is 14.8 Å². The number of ether oxygens (including phenoxy) is 2. The van der Waals surface area contributed by atoms with Crippen LogP contribution in [0.3, 0.4) is 0 Å². The number of nitrogens with one attached hydrogen (secondary N) is 1. The maximum Gasteiger partial charge on any atom is 0.269 e. The van der Waals surface area contributed by atoms with E-state index < -0.39 is 6.10 Å². The highest BCUT2D eigenvalue weighted by molar-refractivity contribution is 6.32. The average molecular weight is 455 g/mol. The van der Waals surface area contributed by atoms with Gasteiger partial charge in [-0.1, -0.05) is 41.0 Å². The van der Waals surface area contributed by atoms with Gasteiger partial charge in [0.25, 0.3) is 5.91 Å². The number of hydrogen-bond acceptors (Lipinski definition) is 6. The highest BCUT2D eigenvalue weighted by Crippen LogP contribution is 2.34. The number of carbonyl (C=O) groups is 1. The van der Waals surface area contributed by atoms with Gasteiger partial charge in [0.1, 0.15) is 11.5 Å². The number of hydrogen-bond donors (Lipinski definition) is 1. The smallest absolute Gasteiger partial charge is 0.269 e. The number of benzene rings is 2. The highest BCUT2D eigenvalue weighted by Gasteiger charge is 2.31. The van der Waals surface area contributed by atoms with Crippen LogP contribution in [-0.2, 0) is 16.2 Å². The Kier molecular flexibility index (Phi) is 6.32. The minimum atomic E-state index is -0.780. The minimum absolute atomic E-state index is 0.273. The molecular weight excluding hydrogens is 432 g/mol. The maximum absolute atomic E-state index is 12.7. The van der Waals surface area contributed by atoms with Crippen LogP contribution in [0, 0.1) is 6.92 Å². The lowest BCUT2D eigenvalue weighted by Gasteiger charge is -2.11. The first-order chi connectivity index (χ1) is 15.5. The quantitative estimate of drug-likeness (QED) is 0.582. The van der Waals surface area contributed by atoms with Crippen molar-refractivity contribution >= 4 is 29.0 Å². The van der Waals surface area contributed by atoms with Crippen LogP contribution in [0.1, 0.15) is 23.1 Å². The molecule has 0 aliphatic carbocycles. The van der Waals surface area contributed by atoms with E-state index in [0.29, 0.717) is 40.2 Å². The van der Waals surface area contributed by atoms with Gasteiger partial charge in [0.2, 0.25) is 6.10 Å². The number of amides is 1. The van der Waals surface area contributed by atoms with Crippen molar-refractivity contribution in [1.82, 2.24) is 9.78 Å². The van der Waals surface area contributed by atoms with Crippen LogP contribution in [0.5, 0.6) is 11.5 Å². The summed E-state index contributed by atoms with van der Waals surface area (Å²) in [7, 11) is 3.07. The zero-order chi connectivity index (χ0) is 22.7. The third-order valence-electron chi connectivity index (χ3n) is 5.23. The predicted octanol–water partition coefficient (Wildman–Crippen LogP) is 4.04.